The summed E-state index contributed by atoms with van der Waals surface area (Å²) in [5, 5.41) is 0. The quantitative estimate of drug-likeness (QED) is 0.786. The first kappa shape index (κ1) is 13.0. The van der Waals surface area contributed by atoms with E-state index >= 15 is 0 Å². The average molecular weight is 252 g/mol. The number of carbonyl (C=O) groups is 1. The summed E-state index contributed by atoms with van der Waals surface area (Å²) in [7, 11) is 0. The molecule has 5 heteroatoms. The molecule has 1 fully saturated rings. The molecule has 0 spiro atoms. The van der Waals surface area contributed by atoms with Gasteiger partial charge < -0.3 is 5.73 Å². The third-order valence-electron chi connectivity index (χ3n) is 3.15. The van der Waals surface area contributed by atoms with Gasteiger partial charge >= 0.3 is 0 Å². The summed E-state index contributed by atoms with van der Waals surface area (Å²) in [6.07, 6.45) is 4.71. The molecule has 98 valence electrons. The maximum atomic E-state index is 13.6. The number of hydrogen-bond acceptors (Lipinski definition) is 3. The Morgan fingerprint density at radius 1 is 1.44 bits per heavy atom. The monoisotopic (exact) mass is 252 g/mol. The lowest BCUT2D eigenvalue weighted by Crippen LogP contribution is -2.22. The fourth-order valence-corrected chi connectivity index (χ4v) is 2.09. The number of carbonyl (C=O) groups excluding carboxylic acids is 1. The van der Waals surface area contributed by atoms with Crippen LogP contribution in [0.25, 0.3) is 0 Å². The molecule has 1 aliphatic rings. The van der Waals surface area contributed by atoms with E-state index < -0.39 is 11.7 Å². The van der Waals surface area contributed by atoms with E-state index in [1.165, 1.54) is 18.9 Å². The van der Waals surface area contributed by atoms with E-state index in [1.54, 1.807) is 6.07 Å². The lowest BCUT2D eigenvalue weighted by Gasteiger charge is -2.12. The molecule has 0 aliphatic heterocycles. The number of amides is 1. The highest BCUT2D eigenvalue weighted by atomic mass is 19.1. The molecule has 1 aromatic rings. The predicted octanol–water partition coefficient (Wildman–Crippen LogP) is 1.89. The molecule has 0 saturated heterocycles. The largest absolute Gasteiger partial charge is 0.366 e. The van der Waals surface area contributed by atoms with Gasteiger partial charge in [-0.15, -0.1) is 0 Å². The Bertz CT molecular complexity index is 431. The first-order valence-electron chi connectivity index (χ1n) is 6.13. The second-order valence-corrected chi connectivity index (χ2v) is 4.52. The molecule has 0 bridgehead atoms. The minimum atomic E-state index is -0.629. The van der Waals surface area contributed by atoms with Crippen LogP contribution in [0.4, 0.5) is 4.39 Å². The van der Waals surface area contributed by atoms with Gasteiger partial charge in [-0.05, 0) is 25.0 Å². The Kier molecular flexibility index (Phi) is 4.28. The highest BCUT2D eigenvalue weighted by Crippen LogP contribution is 2.20. The maximum Gasteiger partial charge on any atom is 0.248 e. The van der Waals surface area contributed by atoms with Crippen molar-refractivity contribution in [3.05, 3.63) is 35.1 Å². The zero-order valence-corrected chi connectivity index (χ0v) is 10.1. The number of primary amides is 1. The van der Waals surface area contributed by atoms with Gasteiger partial charge in [-0.3, -0.25) is 9.63 Å². The van der Waals surface area contributed by atoms with Crippen LogP contribution >= 0.6 is 0 Å². The Morgan fingerprint density at radius 2 is 2.17 bits per heavy atom. The minimum absolute atomic E-state index is 0.174. The van der Waals surface area contributed by atoms with Crippen LogP contribution in [-0.4, -0.2) is 12.0 Å². The van der Waals surface area contributed by atoms with E-state index in [2.05, 4.69) is 5.48 Å². The number of benzene rings is 1. The van der Waals surface area contributed by atoms with E-state index in [9.17, 15) is 9.18 Å². The molecule has 1 aromatic carbocycles. The zero-order chi connectivity index (χ0) is 13.0. The molecule has 0 heterocycles. The van der Waals surface area contributed by atoms with Crippen molar-refractivity contribution in [3.63, 3.8) is 0 Å². The number of nitrogens with two attached hydrogens (primary N) is 1. The molecule has 1 aliphatic carbocycles. The van der Waals surface area contributed by atoms with Gasteiger partial charge in [0.25, 0.3) is 0 Å². The fourth-order valence-electron chi connectivity index (χ4n) is 2.09. The molecule has 0 unspecified atom stereocenters. The summed E-state index contributed by atoms with van der Waals surface area (Å²) in [6, 6.07) is 4.20. The van der Waals surface area contributed by atoms with Crippen molar-refractivity contribution in [1.29, 1.82) is 0 Å². The van der Waals surface area contributed by atoms with Crippen LogP contribution in [0.2, 0.25) is 0 Å². The molecule has 18 heavy (non-hydrogen) atoms. The van der Waals surface area contributed by atoms with Gasteiger partial charge in [-0.25, -0.2) is 4.39 Å². The summed E-state index contributed by atoms with van der Waals surface area (Å²) >= 11 is 0. The lowest BCUT2D eigenvalue weighted by molar-refractivity contribution is -0.0248. The highest BCUT2D eigenvalue weighted by molar-refractivity contribution is 5.92. The minimum Gasteiger partial charge on any atom is -0.366 e. The van der Waals surface area contributed by atoms with Gasteiger partial charge in [0, 0.05) is 17.7 Å². The summed E-state index contributed by atoms with van der Waals surface area (Å²) < 4.78 is 13.6. The number of rotatable bonds is 5. The van der Waals surface area contributed by atoms with Crippen molar-refractivity contribution in [2.75, 3.05) is 0 Å². The van der Waals surface area contributed by atoms with Crippen molar-refractivity contribution in [2.24, 2.45) is 5.73 Å². The Labute approximate surface area is 105 Å². The van der Waals surface area contributed by atoms with Crippen LogP contribution in [-0.2, 0) is 11.4 Å². The van der Waals surface area contributed by atoms with Crippen LogP contribution in [0.5, 0.6) is 0 Å². The molecule has 1 amide bonds. The molecule has 0 atom stereocenters. The lowest BCUT2D eigenvalue weighted by atomic mass is 10.1. The van der Waals surface area contributed by atoms with E-state index in [-0.39, 0.29) is 18.2 Å². The topological polar surface area (TPSA) is 64.4 Å². The maximum absolute atomic E-state index is 13.6. The van der Waals surface area contributed by atoms with Crippen molar-refractivity contribution < 1.29 is 14.0 Å². The molecular formula is C13H17FN2O2. The van der Waals surface area contributed by atoms with Crippen LogP contribution in [0.3, 0.4) is 0 Å². The van der Waals surface area contributed by atoms with Crippen molar-refractivity contribution in [3.8, 4) is 0 Å². The number of hydroxylamine groups is 1. The summed E-state index contributed by atoms with van der Waals surface area (Å²) in [5.74, 6) is -1.08. The Balaban J connectivity index is 1.87. The van der Waals surface area contributed by atoms with Gasteiger partial charge in [0.05, 0.1) is 6.10 Å². The molecule has 2 rings (SSSR count). The normalized spacial score (nSPS) is 16.1. The van der Waals surface area contributed by atoms with Crippen LogP contribution in [0, 0.1) is 5.82 Å². The second-order valence-electron chi connectivity index (χ2n) is 4.52. The van der Waals surface area contributed by atoms with E-state index in [4.69, 9.17) is 10.6 Å². The molecule has 0 radical (unpaired) electrons. The smallest absolute Gasteiger partial charge is 0.248 e. The SMILES string of the molecule is NC(=O)c1ccc(CNOC2CCCC2)c(F)c1. The van der Waals surface area contributed by atoms with Gasteiger partial charge in [0.1, 0.15) is 5.82 Å². The van der Waals surface area contributed by atoms with Gasteiger partial charge in [0.2, 0.25) is 5.91 Å². The molecule has 4 nitrogen and oxygen atoms in total. The molecular weight excluding hydrogens is 235 g/mol. The highest BCUT2D eigenvalue weighted by Gasteiger charge is 2.15. The number of nitrogens with one attached hydrogen (secondary N) is 1. The van der Waals surface area contributed by atoms with Crippen molar-refractivity contribution in [1.82, 2.24) is 5.48 Å². The summed E-state index contributed by atoms with van der Waals surface area (Å²) in [5.41, 5.74) is 8.48. The van der Waals surface area contributed by atoms with Gasteiger partial charge in [-0.1, -0.05) is 18.9 Å². The summed E-state index contributed by atoms with van der Waals surface area (Å²) in [6.45, 7) is 0.279. The van der Waals surface area contributed by atoms with Crippen LogP contribution in [0.15, 0.2) is 18.2 Å². The fraction of sp³-hybridized carbons (Fsp3) is 0.462. The second kappa shape index (κ2) is 5.93. The third-order valence-corrected chi connectivity index (χ3v) is 3.15. The standard InChI is InChI=1S/C13H17FN2O2/c14-12-7-9(13(15)17)5-6-10(12)8-16-18-11-3-1-2-4-11/h5-7,11,16H,1-4,8H2,(H2,15,17). The first-order chi connectivity index (χ1) is 8.66. The number of halogens is 1. The Morgan fingerprint density at radius 3 is 2.78 bits per heavy atom. The predicted molar refractivity (Wildman–Crippen MR) is 65.1 cm³/mol. The van der Waals surface area contributed by atoms with E-state index in [0.29, 0.717) is 5.56 Å². The van der Waals surface area contributed by atoms with Crippen molar-refractivity contribution in [2.45, 2.75) is 38.3 Å². The molecule has 3 N–H and O–H groups in total. The van der Waals surface area contributed by atoms with E-state index in [0.717, 1.165) is 18.9 Å². The van der Waals surface area contributed by atoms with Gasteiger partial charge in [0.15, 0.2) is 0 Å². The first-order valence-corrected chi connectivity index (χ1v) is 6.13. The molecule has 1 saturated carbocycles. The van der Waals surface area contributed by atoms with Crippen molar-refractivity contribution >= 4 is 5.91 Å². The summed E-state index contributed by atoms with van der Waals surface area (Å²) in [4.78, 5) is 16.3. The van der Waals surface area contributed by atoms with Crippen LogP contribution < -0.4 is 11.2 Å². The Hall–Kier alpha value is -1.46. The van der Waals surface area contributed by atoms with Gasteiger partial charge in [-0.2, -0.15) is 5.48 Å². The van der Waals surface area contributed by atoms with E-state index in [1.807, 2.05) is 0 Å². The van der Waals surface area contributed by atoms with Crippen LogP contribution in [0.1, 0.15) is 41.6 Å². The third kappa shape index (κ3) is 3.27. The molecule has 0 aromatic heterocycles. The average Bonchev–Trinajstić information content (AvgIpc) is 2.84. The zero-order valence-electron chi connectivity index (χ0n) is 10.1. The number of hydrogen-bond donors (Lipinski definition) is 2.